The van der Waals surface area contributed by atoms with Crippen molar-refractivity contribution in [3.8, 4) is 11.3 Å². The smallest absolute Gasteiger partial charge is 0.337 e. The normalized spacial score (nSPS) is 14.0. The molecule has 0 bridgehead atoms. The molecule has 2 heterocycles. The van der Waals surface area contributed by atoms with Gasteiger partial charge in [0.05, 0.1) is 40.8 Å². The van der Waals surface area contributed by atoms with Crippen molar-refractivity contribution in [3.05, 3.63) is 66.1 Å². The van der Waals surface area contributed by atoms with Crippen molar-refractivity contribution in [3.63, 3.8) is 0 Å². The Labute approximate surface area is 200 Å². The number of methoxy groups -OCH3 is 1. The van der Waals surface area contributed by atoms with Gasteiger partial charge in [0.1, 0.15) is 0 Å². The van der Waals surface area contributed by atoms with Crippen LogP contribution < -0.4 is 9.62 Å². The number of aryl methyl sites for hydroxylation is 1. The molecule has 4 rings (SSSR count). The second-order valence-electron chi connectivity index (χ2n) is 8.14. The van der Waals surface area contributed by atoms with Gasteiger partial charge in [-0.05, 0) is 55.5 Å². The maximum absolute atomic E-state index is 13.6. The van der Waals surface area contributed by atoms with Crippen molar-refractivity contribution >= 4 is 27.4 Å². The van der Waals surface area contributed by atoms with Crippen LogP contribution >= 0.6 is 0 Å². The molecule has 0 atom stereocenters. The first-order valence-electron chi connectivity index (χ1n) is 11.3. The van der Waals surface area contributed by atoms with Gasteiger partial charge in [-0.2, -0.15) is 0 Å². The lowest BCUT2D eigenvalue weighted by Gasteiger charge is -2.31. The van der Waals surface area contributed by atoms with Gasteiger partial charge in [0, 0.05) is 31.0 Å². The van der Waals surface area contributed by atoms with Gasteiger partial charge in [0.25, 0.3) is 10.0 Å². The van der Waals surface area contributed by atoms with Crippen LogP contribution in [0.5, 0.6) is 0 Å². The zero-order valence-corrected chi connectivity index (χ0v) is 20.1. The highest BCUT2D eigenvalue weighted by atomic mass is 32.2. The zero-order chi connectivity index (χ0) is 24.1. The molecule has 0 aliphatic carbocycles. The van der Waals surface area contributed by atoms with Crippen molar-refractivity contribution in [2.24, 2.45) is 0 Å². The molecule has 1 aliphatic rings. The van der Waals surface area contributed by atoms with E-state index in [1.807, 2.05) is 19.1 Å². The minimum Gasteiger partial charge on any atom is -0.465 e. The van der Waals surface area contributed by atoms with Gasteiger partial charge < -0.3 is 9.64 Å². The van der Waals surface area contributed by atoms with E-state index in [0.717, 1.165) is 43.6 Å². The number of rotatable bonds is 7. The minimum absolute atomic E-state index is 0.0624. The summed E-state index contributed by atoms with van der Waals surface area (Å²) < 4.78 is 34.8. The summed E-state index contributed by atoms with van der Waals surface area (Å²) in [5.41, 5.74) is 3.49. The molecule has 34 heavy (non-hydrogen) atoms. The molecular weight excluding hydrogens is 452 g/mol. The Hall–Kier alpha value is -3.46. The second kappa shape index (κ2) is 10.2. The van der Waals surface area contributed by atoms with E-state index >= 15 is 0 Å². The summed E-state index contributed by atoms with van der Waals surface area (Å²) >= 11 is 0. The Balaban J connectivity index is 1.79. The fraction of sp³-hybridized carbons (Fsp3) is 0.320. The summed E-state index contributed by atoms with van der Waals surface area (Å²) in [6, 6.07) is 10.3. The number of nitrogens with one attached hydrogen (secondary N) is 1. The van der Waals surface area contributed by atoms with Gasteiger partial charge in [-0.15, -0.1) is 0 Å². The number of hydrogen-bond acceptors (Lipinski definition) is 7. The molecule has 1 aromatic heterocycles. The molecule has 1 aliphatic heterocycles. The maximum atomic E-state index is 13.6. The molecule has 0 spiro atoms. The molecule has 0 amide bonds. The van der Waals surface area contributed by atoms with E-state index in [4.69, 9.17) is 4.74 Å². The predicted octanol–water partition coefficient (Wildman–Crippen LogP) is 4.28. The SMILES string of the molecule is CCc1ccc(C(=O)OC)cc1S(=O)(=O)Nc1cc(-c2cnccn2)ccc1N1CCCCC1. The van der Waals surface area contributed by atoms with Crippen molar-refractivity contribution in [2.75, 3.05) is 29.8 Å². The molecule has 9 heteroatoms. The van der Waals surface area contributed by atoms with Crippen LogP contribution in [0.15, 0.2) is 59.9 Å². The third-order valence-corrected chi connectivity index (χ3v) is 7.40. The van der Waals surface area contributed by atoms with Gasteiger partial charge in [-0.1, -0.05) is 19.1 Å². The van der Waals surface area contributed by atoms with E-state index in [1.54, 1.807) is 36.8 Å². The Morgan fingerprint density at radius 1 is 1.09 bits per heavy atom. The third-order valence-electron chi connectivity index (χ3n) is 5.96. The number of carbonyl (C=O) groups excluding carboxylic acids is 1. The summed E-state index contributed by atoms with van der Waals surface area (Å²) in [4.78, 5) is 22.8. The van der Waals surface area contributed by atoms with E-state index in [0.29, 0.717) is 23.4 Å². The fourth-order valence-corrected chi connectivity index (χ4v) is 5.58. The van der Waals surface area contributed by atoms with Gasteiger partial charge in [-0.25, -0.2) is 13.2 Å². The molecule has 178 valence electrons. The molecule has 8 nitrogen and oxygen atoms in total. The summed E-state index contributed by atoms with van der Waals surface area (Å²) in [5, 5.41) is 0. The fourth-order valence-electron chi connectivity index (χ4n) is 4.18. The number of piperidine rings is 1. The van der Waals surface area contributed by atoms with E-state index in [9.17, 15) is 13.2 Å². The molecule has 1 saturated heterocycles. The highest BCUT2D eigenvalue weighted by Gasteiger charge is 2.24. The predicted molar refractivity (Wildman–Crippen MR) is 131 cm³/mol. The summed E-state index contributed by atoms with van der Waals surface area (Å²) in [7, 11) is -2.73. The van der Waals surface area contributed by atoms with Crippen molar-refractivity contribution in [1.29, 1.82) is 0 Å². The number of carbonyl (C=O) groups is 1. The van der Waals surface area contributed by atoms with Crippen LogP contribution in [0.1, 0.15) is 42.1 Å². The molecule has 1 N–H and O–H groups in total. The summed E-state index contributed by atoms with van der Waals surface area (Å²) in [6.45, 7) is 3.59. The lowest BCUT2D eigenvalue weighted by atomic mass is 10.1. The van der Waals surface area contributed by atoms with Crippen molar-refractivity contribution < 1.29 is 17.9 Å². The summed E-state index contributed by atoms with van der Waals surface area (Å²) in [6.07, 6.45) is 8.60. The van der Waals surface area contributed by atoms with Crippen LogP contribution in [0.3, 0.4) is 0 Å². The third kappa shape index (κ3) is 5.04. The number of sulfonamides is 1. The first-order valence-corrected chi connectivity index (χ1v) is 12.8. The number of aromatic nitrogens is 2. The van der Waals surface area contributed by atoms with Crippen LogP contribution in [0.4, 0.5) is 11.4 Å². The van der Waals surface area contributed by atoms with Crippen molar-refractivity contribution in [2.45, 2.75) is 37.5 Å². The second-order valence-corrected chi connectivity index (χ2v) is 9.79. The van der Waals surface area contributed by atoms with Gasteiger partial charge in [-0.3, -0.25) is 14.7 Å². The quantitative estimate of drug-likeness (QED) is 0.504. The molecule has 2 aromatic carbocycles. The number of benzene rings is 2. The van der Waals surface area contributed by atoms with E-state index < -0.39 is 16.0 Å². The Morgan fingerprint density at radius 2 is 1.88 bits per heavy atom. The summed E-state index contributed by atoms with van der Waals surface area (Å²) in [5.74, 6) is -0.585. The largest absolute Gasteiger partial charge is 0.465 e. The number of hydrogen-bond donors (Lipinski definition) is 1. The van der Waals surface area contributed by atoms with Crippen LogP contribution in [0.25, 0.3) is 11.3 Å². The molecule has 1 fully saturated rings. The first kappa shape index (κ1) is 23.7. The topological polar surface area (TPSA) is 101 Å². The first-order chi connectivity index (χ1) is 16.4. The average Bonchev–Trinajstić information content (AvgIpc) is 2.88. The van der Waals surface area contributed by atoms with E-state index in [2.05, 4.69) is 19.6 Å². The highest BCUT2D eigenvalue weighted by molar-refractivity contribution is 7.92. The van der Waals surface area contributed by atoms with Crippen LogP contribution in [-0.4, -0.2) is 44.6 Å². The van der Waals surface area contributed by atoms with Crippen LogP contribution in [0.2, 0.25) is 0 Å². The maximum Gasteiger partial charge on any atom is 0.337 e. The lowest BCUT2D eigenvalue weighted by Crippen LogP contribution is -2.30. The minimum atomic E-state index is -4.00. The van der Waals surface area contributed by atoms with E-state index in [-0.39, 0.29) is 10.5 Å². The van der Waals surface area contributed by atoms with Crippen LogP contribution in [0, 0.1) is 0 Å². The Kier molecular flexibility index (Phi) is 7.12. The standard InChI is InChI=1S/C25H28N4O4S/c1-3-18-7-8-20(25(30)33-2)16-24(18)34(31,32)28-21-15-19(22-17-26-11-12-27-22)9-10-23(21)29-13-5-4-6-14-29/h7-12,15-17,28H,3-6,13-14H2,1-2H3. The van der Waals surface area contributed by atoms with Crippen molar-refractivity contribution in [1.82, 2.24) is 9.97 Å². The van der Waals surface area contributed by atoms with E-state index in [1.165, 1.54) is 13.2 Å². The number of ether oxygens (including phenoxy) is 1. The Bertz CT molecular complexity index is 1270. The highest BCUT2D eigenvalue weighted by Crippen LogP contribution is 2.34. The van der Waals surface area contributed by atoms with Gasteiger partial charge in [0.2, 0.25) is 0 Å². The van der Waals surface area contributed by atoms with Gasteiger partial charge in [0.15, 0.2) is 0 Å². The number of anilines is 2. The molecule has 0 radical (unpaired) electrons. The molecule has 3 aromatic rings. The molecular formula is C25H28N4O4S. The molecule has 0 unspecified atom stereocenters. The monoisotopic (exact) mass is 480 g/mol. The number of nitrogens with zero attached hydrogens (tertiary/aromatic N) is 3. The lowest BCUT2D eigenvalue weighted by molar-refractivity contribution is 0.0600. The molecule has 0 saturated carbocycles. The average molecular weight is 481 g/mol. The zero-order valence-electron chi connectivity index (χ0n) is 19.3. The van der Waals surface area contributed by atoms with Gasteiger partial charge >= 0.3 is 5.97 Å². The number of esters is 1. The Morgan fingerprint density at radius 3 is 2.56 bits per heavy atom. The van der Waals surface area contributed by atoms with Crippen LogP contribution in [-0.2, 0) is 21.2 Å².